The van der Waals surface area contributed by atoms with E-state index in [1.165, 1.54) is 0 Å². The van der Waals surface area contributed by atoms with Crippen LogP contribution in [0.5, 0.6) is 11.5 Å². The first-order valence-electron chi connectivity index (χ1n) is 10.3. The number of carbonyl (C=O) groups is 1. The van der Waals surface area contributed by atoms with Crippen LogP contribution in [0.2, 0.25) is 0 Å². The number of unbranched alkanes of at least 4 members (excludes halogenated alkanes) is 1. The molecule has 1 aromatic rings. The molecule has 0 spiro atoms. The lowest BCUT2D eigenvalue weighted by Gasteiger charge is -2.36. The second-order valence-corrected chi connectivity index (χ2v) is 7.54. The number of nitrogens with zero attached hydrogens (tertiary/aromatic N) is 2. The first-order valence-corrected chi connectivity index (χ1v) is 10.3. The first-order chi connectivity index (χ1) is 14.1. The summed E-state index contributed by atoms with van der Waals surface area (Å²) >= 11 is 0. The molecule has 3 rings (SSSR count). The molecule has 1 fully saturated rings. The third kappa shape index (κ3) is 5.52. The van der Waals surface area contributed by atoms with Crippen molar-refractivity contribution in [2.45, 2.75) is 31.8 Å². The quantitative estimate of drug-likeness (QED) is 0.595. The van der Waals surface area contributed by atoms with Gasteiger partial charge < -0.3 is 30.1 Å². The Morgan fingerprint density at radius 1 is 1.38 bits per heavy atom. The molecule has 1 amide bonds. The number of aliphatic hydroxyl groups excluding tert-OH is 1. The van der Waals surface area contributed by atoms with Crippen LogP contribution in [0.1, 0.15) is 36.0 Å². The van der Waals surface area contributed by atoms with Crippen molar-refractivity contribution in [2.24, 2.45) is 5.92 Å². The number of aliphatic hydroxyl groups is 1. The molecular formula is C21H30N4O4. The van der Waals surface area contributed by atoms with Gasteiger partial charge in [-0.3, -0.25) is 4.79 Å². The fraction of sp³-hybridized carbons (Fsp3) is 0.619. The topological polar surface area (TPSA) is 107 Å². The van der Waals surface area contributed by atoms with Gasteiger partial charge >= 0.3 is 0 Å². The van der Waals surface area contributed by atoms with Crippen LogP contribution in [0.15, 0.2) is 12.1 Å². The Morgan fingerprint density at radius 2 is 2.21 bits per heavy atom. The lowest BCUT2D eigenvalue weighted by molar-refractivity contribution is 0.0219. The average Bonchev–Trinajstić information content (AvgIpc) is 2.97. The fourth-order valence-corrected chi connectivity index (χ4v) is 3.77. The third-order valence-electron chi connectivity index (χ3n) is 5.47. The van der Waals surface area contributed by atoms with Crippen LogP contribution >= 0.6 is 0 Å². The number of ether oxygens (including phenoxy) is 2. The van der Waals surface area contributed by atoms with Gasteiger partial charge in [-0.25, -0.2) is 0 Å². The molecule has 2 aliphatic heterocycles. The van der Waals surface area contributed by atoms with Crippen LogP contribution in [0.25, 0.3) is 0 Å². The van der Waals surface area contributed by atoms with Crippen molar-refractivity contribution >= 4 is 11.6 Å². The van der Waals surface area contributed by atoms with E-state index in [1.54, 1.807) is 13.1 Å². The van der Waals surface area contributed by atoms with Gasteiger partial charge in [-0.05, 0) is 32.0 Å². The van der Waals surface area contributed by atoms with Crippen LogP contribution in [0.3, 0.4) is 0 Å². The van der Waals surface area contributed by atoms with Gasteiger partial charge in [-0.1, -0.05) is 0 Å². The van der Waals surface area contributed by atoms with Crippen molar-refractivity contribution in [1.82, 2.24) is 10.2 Å². The van der Waals surface area contributed by atoms with Crippen molar-refractivity contribution in [3.05, 3.63) is 17.7 Å². The SMILES string of the molecule is CNc1cc2c(c(C(=O)NC[C@@H]3CCN(CCCC#N)CC3O)c1)OCCCO2. The second-order valence-electron chi connectivity index (χ2n) is 7.54. The minimum atomic E-state index is -0.494. The molecule has 0 radical (unpaired) electrons. The van der Waals surface area contributed by atoms with E-state index in [-0.39, 0.29) is 11.8 Å². The number of likely N-dealkylation sites (tertiary alicyclic amines) is 1. The minimum absolute atomic E-state index is 0.00872. The lowest BCUT2D eigenvalue weighted by atomic mass is 9.93. The van der Waals surface area contributed by atoms with E-state index in [9.17, 15) is 9.90 Å². The minimum Gasteiger partial charge on any atom is -0.489 e. The molecule has 8 heteroatoms. The van der Waals surface area contributed by atoms with E-state index in [2.05, 4.69) is 21.6 Å². The Labute approximate surface area is 171 Å². The highest BCUT2D eigenvalue weighted by atomic mass is 16.5. The van der Waals surface area contributed by atoms with Crippen LogP contribution in [-0.4, -0.2) is 68.5 Å². The second kappa shape index (κ2) is 10.3. The number of piperidine rings is 1. The van der Waals surface area contributed by atoms with Crippen LogP contribution < -0.4 is 20.1 Å². The highest BCUT2D eigenvalue weighted by molar-refractivity contribution is 5.99. The van der Waals surface area contributed by atoms with Crippen LogP contribution in [-0.2, 0) is 0 Å². The summed E-state index contributed by atoms with van der Waals surface area (Å²) in [6.07, 6.45) is 2.44. The molecule has 0 bridgehead atoms. The van der Waals surface area contributed by atoms with Gasteiger partial charge in [0.2, 0.25) is 0 Å². The molecule has 2 atom stereocenters. The Hall–Kier alpha value is -2.50. The number of amides is 1. The zero-order valence-electron chi connectivity index (χ0n) is 16.9. The summed E-state index contributed by atoms with van der Waals surface area (Å²) < 4.78 is 11.5. The molecule has 3 N–H and O–H groups in total. The maximum atomic E-state index is 12.9. The van der Waals surface area contributed by atoms with Gasteiger partial charge in [0.05, 0.1) is 31.0 Å². The Morgan fingerprint density at radius 3 is 2.97 bits per heavy atom. The summed E-state index contributed by atoms with van der Waals surface area (Å²) in [5.74, 6) is 0.832. The van der Waals surface area contributed by atoms with E-state index in [4.69, 9.17) is 14.7 Å². The molecule has 1 aromatic carbocycles. The first kappa shape index (κ1) is 21.2. The molecular weight excluding hydrogens is 372 g/mol. The van der Waals surface area contributed by atoms with Gasteiger partial charge in [0.1, 0.15) is 0 Å². The zero-order chi connectivity index (χ0) is 20.6. The summed E-state index contributed by atoms with van der Waals surface area (Å²) in [4.78, 5) is 15.1. The van der Waals surface area contributed by atoms with Crippen LogP contribution in [0, 0.1) is 17.2 Å². The number of β-amino-alcohol motifs (C(OH)–C–C–N with tert-alkyl or cyclic N) is 1. The molecule has 158 valence electrons. The lowest BCUT2D eigenvalue weighted by Crippen LogP contribution is -2.47. The van der Waals surface area contributed by atoms with Gasteiger partial charge in [0.25, 0.3) is 5.91 Å². The summed E-state index contributed by atoms with van der Waals surface area (Å²) in [5.41, 5.74) is 1.22. The maximum absolute atomic E-state index is 12.9. The highest BCUT2D eigenvalue weighted by Gasteiger charge is 2.28. The predicted molar refractivity (Wildman–Crippen MR) is 109 cm³/mol. The van der Waals surface area contributed by atoms with Crippen LogP contribution in [0.4, 0.5) is 5.69 Å². The molecule has 2 heterocycles. The number of anilines is 1. The van der Waals surface area contributed by atoms with E-state index in [0.717, 1.165) is 38.0 Å². The highest BCUT2D eigenvalue weighted by Crippen LogP contribution is 2.36. The summed E-state index contributed by atoms with van der Waals surface area (Å²) in [7, 11) is 1.79. The van der Waals surface area contributed by atoms with Crippen molar-refractivity contribution in [1.29, 1.82) is 5.26 Å². The number of fused-ring (bicyclic) bond motifs is 1. The van der Waals surface area contributed by atoms with E-state index < -0.39 is 6.10 Å². The number of hydrogen-bond donors (Lipinski definition) is 3. The number of benzene rings is 1. The Kier molecular flexibility index (Phi) is 7.55. The van der Waals surface area contributed by atoms with Gasteiger partial charge in [0.15, 0.2) is 11.5 Å². The molecule has 0 aromatic heterocycles. The van der Waals surface area contributed by atoms with Gasteiger partial charge in [-0.2, -0.15) is 5.26 Å². The predicted octanol–water partition coefficient (Wildman–Crippen LogP) is 1.61. The molecule has 1 saturated heterocycles. The Bertz CT molecular complexity index is 749. The van der Waals surface area contributed by atoms with Gasteiger partial charge in [0, 0.05) is 50.7 Å². The smallest absolute Gasteiger partial charge is 0.255 e. The van der Waals surface area contributed by atoms with Crippen molar-refractivity contribution in [3.8, 4) is 17.6 Å². The molecule has 2 aliphatic rings. The normalized spacial score (nSPS) is 21.7. The maximum Gasteiger partial charge on any atom is 0.255 e. The molecule has 29 heavy (non-hydrogen) atoms. The number of carbonyl (C=O) groups excluding carboxylic acids is 1. The number of hydrogen-bond acceptors (Lipinski definition) is 7. The number of nitrogens with one attached hydrogen (secondary N) is 2. The van der Waals surface area contributed by atoms with Crippen molar-refractivity contribution in [2.75, 3.05) is 51.8 Å². The summed E-state index contributed by atoms with van der Waals surface area (Å²) in [6, 6.07) is 5.75. The van der Waals surface area contributed by atoms with E-state index in [1.807, 2.05) is 6.07 Å². The average molecular weight is 402 g/mol. The monoisotopic (exact) mass is 402 g/mol. The summed E-state index contributed by atoms with van der Waals surface area (Å²) in [5, 5.41) is 25.1. The Balaban J connectivity index is 1.59. The van der Waals surface area contributed by atoms with E-state index >= 15 is 0 Å². The van der Waals surface area contributed by atoms with E-state index in [0.29, 0.717) is 49.8 Å². The molecule has 0 saturated carbocycles. The standard InChI is InChI=1S/C21H30N4O4/c1-23-16-11-17(20-19(12-16)28-9-4-10-29-20)21(27)24-13-15-5-8-25(14-18(15)26)7-3-2-6-22/h11-12,15,18,23,26H,2-5,7-10,13-14H2,1H3,(H,24,27)/t15-,18?/m0/s1. The van der Waals surface area contributed by atoms with Gasteiger partial charge in [-0.15, -0.1) is 0 Å². The fourth-order valence-electron chi connectivity index (χ4n) is 3.77. The third-order valence-corrected chi connectivity index (χ3v) is 5.47. The molecule has 0 aliphatic carbocycles. The zero-order valence-corrected chi connectivity index (χ0v) is 16.9. The summed E-state index contributed by atoms with van der Waals surface area (Å²) in [6.45, 7) is 3.74. The molecule has 8 nitrogen and oxygen atoms in total. The number of nitriles is 1. The van der Waals surface area contributed by atoms with Crippen molar-refractivity contribution < 1.29 is 19.4 Å². The molecule has 1 unspecified atom stereocenters. The van der Waals surface area contributed by atoms with Crippen molar-refractivity contribution in [3.63, 3.8) is 0 Å². The number of rotatable bonds is 7. The largest absolute Gasteiger partial charge is 0.489 e.